The number of aromatic nitrogens is 2. The first-order chi connectivity index (χ1) is 10.1. The van der Waals surface area contributed by atoms with Crippen molar-refractivity contribution in [3.05, 3.63) is 23.5 Å². The molecule has 1 aliphatic carbocycles. The Morgan fingerprint density at radius 3 is 2.90 bits per heavy atom. The van der Waals surface area contributed by atoms with E-state index in [-0.39, 0.29) is 18.1 Å². The fraction of sp³-hybridized carbons (Fsp3) is 0.600. The summed E-state index contributed by atoms with van der Waals surface area (Å²) in [5.74, 6) is 0.696. The van der Waals surface area contributed by atoms with Crippen molar-refractivity contribution in [1.29, 1.82) is 0 Å². The number of nitrogens with zero attached hydrogens (tertiary/aromatic N) is 2. The summed E-state index contributed by atoms with van der Waals surface area (Å²) in [5.41, 5.74) is 2.13. The topological polar surface area (TPSA) is 65.4 Å². The quantitative estimate of drug-likeness (QED) is 0.846. The van der Waals surface area contributed by atoms with Crippen LogP contribution in [0.2, 0.25) is 0 Å². The van der Waals surface area contributed by atoms with E-state index in [1.807, 2.05) is 14.0 Å². The molecule has 3 rings (SSSR count). The molecule has 1 amide bonds. The smallest absolute Gasteiger partial charge is 0.247 e. The summed E-state index contributed by atoms with van der Waals surface area (Å²) in [7, 11) is 1.84. The van der Waals surface area contributed by atoms with Crippen molar-refractivity contribution >= 4 is 5.91 Å². The van der Waals surface area contributed by atoms with Crippen LogP contribution >= 0.6 is 0 Å². The zero-order chi connectivity index (χ0) is 14.8. The zero-order valence-corrected chi connectivity index (χ0v) is 12.5. The lowest BCUT2D eigenvalue weighted by Gasteiger charge is -2.23. The van der Waals surface area contributed by atoms with E-state index in [1.165, 1.54) is 12.0 Å². The summed E-state index contributed by atoms with van der Waals surface area (Å²) in [6, 6.07) is -0.117. The number of ether oxygens (including phenoxy) is 2. The number of allylic oxidation sites excluding steroid dienone is 1. The predicted molar refractivity (Wildman–Crippen MR) is 76.9 cm³/mol. The first-order valence-corrected chi connectivity index (χ1v) is 7.36. The summed E-state index contributed by atoms with van der Waals surface area (Å²) >= 11 is 0. The van der Waals surface area contributed by atoms with Gasteiger partial charge in [-0.1, -0.05) is 5.57 Å². The Balaban J connectivity index is 1.60. The first kappa shape index (κ1) is 14.1. The standard InChI is InChI=1S/C15H21N3O3/c1-10(11-4-3-5-11)15(19)17-13-8-20-9-14(13)21-12-6-16-18(2)7-12/h6-7,13-14H,3-5,8-9H2,1-2H3,(H,17,19)/t13-,14+/m0/s1. The fourth-order valence-corrected chi connectivity index (χ4v) is 2.59. The number of rotatable bonds is 4. The molecule has 1 aromatic heterocycles. The van der Waals surface area contributed by atoms with Crippen LogP contribution in [0.15, 0.2) is 23.5 Å². The van der Waals surface area contributed by atoms with Crippen LogP contribution in [0, 0.1) is 0 Å². The van der Waals surface area contributed by atoms with Gasteiger partial charge in [0.05, 0.1) is 31.6 Å². The SMILES string of the molecule is CC(C(=O)N[C@H]1COC[C@H]1Oc1cnn(C)c1)=C1CCC1. The molecular weight excluding hydrogens is 270 g/mol. The number of hydrogen-bond acceptors (Lipinski definition) is 4. The van der Waals surface area contributed by atoms with Crippen LogP contribution < -0.4 is 10.1 Å². The second-order valence-electron chi connectivity index (χ2n) is 5.71. The maximum Gasteiger partial charge on any atom is 0.247 e. The number of carbonyl (C=O) groups is 1. The van der Waals surface area contributed by atoms with Gasteiger partial charge in [0, 0.05) is 12.6 Å². The number of hydrogen-bond donors (Lipinski definition) is 1. The lowest BCUT2D eigenvalue weighted by molar-refractivity contribution is -0.118. The van der Waals surface area contributed by atoms with Crippen molar-refractivity contribution in [2.75, 3.05) is 13.2 Å². The highest BCUT2D eigenvalue weighted by Crippen LogP contribution is 2.28. The third-order valence-electron chi connectivity index (χ3n) is 4.14. The highest BCUT2D eigenvalue weighted by atomic mass is 16.5. The largest absolute Gasteiger partial charge is 0.482 e. The van der Waals surface area contributed by atoms with Crippen molar-refractivity contribution in [1.82, 2.24) is 15.1 Å². The molecule has 1 saturated carbocycles. The van der Waals surface area contributed by atoms with Crippen LogP contribution in [-0.4, -0.2) is 41.0 Å². The molecule has 2 atom stereocenters. The predicted octanol–water partition coefficient (Wildman–Crippen LogP) is 1.18. The summed E-state index contributed by atoms with van der Waals surface area (Å²) in [6.07, 6.45) is 6.60. The number of carbonyl (C=O) groups excluding carboxylic acids is 1. The summed E-state index contributed by atoms with van der Waals surface area (Å²) in [4.78, 5) is 12.2. The van der Waals surface area contributed by atoms with Gasteiger partial charge in [0.15, 0.2) is 5.75 Å². The van der Waals surface area contributed by atoms with Crippen molar-refractivity contribution in [3.63, 3.8) is 0 Å². The number of amides is 1. The molecule has 114 valence electrons. The molecule has 0 unspecified atom stereocenters. The molecule has 1 aliphatic heterocycles. The summed E-state index contributed by atoms with van der Waals surface area (Å²) in [5, 5.41) is 7.10. The minimum atomic E-state index is -0.169. The van der Waals surface area contributed by atoms with Crippen molar-refractivity contribution in [2.24, 2.45) is 7.05 Å². The van der Waals surface area contributed by atoms with Crippen LogP contribution in [0.25, 0.3) is 0 Å². The highest BCUT2D eigenvalue weighted by Gasteiger charge is 2.32. The van der Waals surface area contributed by atoms with Gasteiger partial charge in [0.1, 0.15) is 6.10 Å². The zero-order valence-electron chi connectivity index (χ0n) is 12.5. The Bertz CT molecular complexity index is 558. The highest BCUT2D eigenvalue weighted by molar-refractivity contribution is 5.94. The molecule has 1 aromatic rings. The van der Waals surface area contributed by atoms with E-state index in [1.54, 1.807) is 17.1 Å². The monoisotopic (exact) mass is 291 g/mol. The van der Waals surface area contributed by atoms with Gasteiger partial charge in [-0.15, -0.1) is 0 Å². The van der Waals surface area contributed by atoms with E-state index in [4.69, 9.17) is 9.47 Å². The molecule has 2 fully saturated rings. The maximum absolute atomic E-state index is 12.2. The molecular formula is C15H21N3O3. The number of nitrogens with one attached hydrogen (secondary N) is 1. The minimum absolute atomic E-state index is 0.0000123. The molecule has 1 saturated heterocycles. The second-order valence-corrected chi connectivity index (χ2v) is 5.71. The van der Waals surface area contributed by atoms with E-state index in [0.29, 0.717) is 19.0 Å². The average molecular weight is 291 g/mol. The third kappa shape index (κ3) is 3.10. The minimum Gasteiger partial charge on any atom is -0.482 e. The lowest BCUT2D eigenvalue weighted by atomic mass is 9.88. The van der Waals surface area contributed by atoms with E-state index < -0.39 is 0 Å². The van der Waals surface area contributed by atoms with Gasteiger partial charge < -0.3 is 14.8 Å². The van der Waals surface area contributed by atoms with Gasteiger partial charge in [-0.2, -0.15) is 5.10 Å². The summed E-state index contributed by atoms with van der Waals surface area (Å²) < 4.78 is 13.0. The number of aryl methyl sites for hydroxylation is 1. The molecule has 21 heavy (non-hydrogen) atoms. The average Bonchev–Trinajstić information content (AvgIpc) is 2.98. The van der Waals surface area contributed by atoms with Gasteiger partial charge in [0.25, 0.3) is 0 Å². The molecule has 0 bridgehead atoms. The Morgan fingerprint density at radius 1 is 1.48 bits per heavy atom. The van der Waals surface area contributed by atoms with Gasteiger partial charge >= 0.3 is 0 Å². The Morgan fingerprint density at radius 2 is 2.29 bits per heavy atom. The molecule has 2 aliphatic rings. The van der Waals surface area contributed by atoms with Crippen LogP contribution in [0.4, 0.5) is 0 Å². The molecule has 2 heterocycles. The Kier molecular flexibility index (Phi) is 3.96. The van der Waals surface area contributed by atoms with Gasteiger partial charge in [-0.05, 0) is 26.2 Å². The van der Waals surface area contributed by atoms with Crippen LogP contribution in [0.3, 0.4) is 0 Å². The molecule has 0 aromatic carbocycles. The van der Waals surface area contributed by atoms with Crippen molar-refractivity contribution in [2.45, 2.75) is 38.3 Å². The molecule has 1 N–H and O–H groups in total. The molecule has 0 spiro atoms. The molecule has 6 nitrogen and oxygen atoms in total. The van der Waals surface area contributed by atoms with E-state index in [0.717, 1.165) is 18.4 Å². The van der Waals surface area contributed by atoms with Crippen LogP contribution in [0.5, 0.6) is 5.75 Å². The maximum atomic E-state index is 12.2. The van der Waals surface area contributed by atoms with Crippen molar-refractivity contribution in [3.8, 4) is 5.75 Å². The van der Waals surface area contributed by atoms with Gasteiger partial charge in [0.2, 0.25) is 5.91 Å². The Hall–Kier alpha value is -1.82. The molecule has 6 heteroatoms. The van der Waals surface area contributed by atoms with E-state index in [9.17, 15) is 4.79 Å². The lowest BCUT2D eigenvalue weighted by Crippen LogP contribution is -2.45. The summed E-state index contributed by atoms with van der Waals surface area (Å²) in [6.45, 7) is 2.87. The molecule has 0 radical (unpaired) electrons. The van der Waals surface area contributed by atoms with Crippen molar-refractivity contribution < 1.29 is 14.3 Å². The first-order valence-electron chi connectivity index (χ1n) is 7.36. The van der Waals surface area contributed by atoms with E-state index in [2.05, 4.69) is 10.4 Å². The van der Waals surface area contributed by atoms with Crippen LogP contribution in [-0.2, 0) is 16.6 Å². The van der Waals surface area contributed by atoms with Gasteiger partial charge in [-0.3, -0.25) is 9.48 Å². The Labute approximate surface area is 124 Å². The fourth-order valence-electron chi connectivity index (χ4n) is 2.59. The third-order valence-corrected chi connectivity index (χ3v) is 4.14. The second kappa shape index (κ2) is 5.89. The van der Waals surface area contributed by atoms with E-state index >= 15 is 0 Å². The van der Waals surface area contributed by atoms with Crippen LogP contribution in [0.1, 0.15) is 26.2 Å². The normalized spacial score (nSPS) is 24.6. The van der Waals surface area contributed by atoms with Gasteiger partial charge in [-0.25, -0.2) is 0 Å².